The zero-order chi connectivity index (χ0) is 12.0. The molecule has 0 saturated carbocycles. The average Bonchev–Trinajstić information content (AvgIpc) is 2.29. The van der Waals surface area contributed by atoms with E-state index < -0.39 is 4.92 Å². The molecule has 0 fully saturated rings. The second-order valence-electron chi connectivity index (χ2n) is 3.48. The molecule has 0 aliphatic heterocycles. The van der Waals surface area contributed by atoms with Gasteiger partial charge in [0.2, 0.25) is 0 Å². The third-order valence-electron chi connectivity index (χ3n) is 2.13. The summed E-state index contributed by atoms with van der Waals surface area (Å²) in [5.41, 5.74) is -0.0544. The molecule has 1 rings (SSSR count). The fourth-order valence-corrected chi connectivity index (χ4v) is 1.15. The summed E-state index contributed by atoms with van der Waals surface area (Å²) in [5.74, 6) is 0.147. The van der Waals surface area contributed by atoms with Crippen molar-refractivity contribution in [3.63, 3.8) is 0 Å². The van der Waals surface area contributed by atoms with Crippen LogP contribution in [0.1, 0.15) is 13.3 Å². The quantitative estimate of drug-likeness (QED) is 0.421. The predicted octanol–water partition coefficient (Wildman–Crippen LogP) is 2.20. The lowest BCUT2D eigenvalue weighted by Crippen LogP contribution is -2.06. The number of nitro groups is 1. The van der Waals surface area contributed by atoms with Crippen molar-refractivity contribution in [3.05, 3.63) is 34.4 Å². The molecule has 0 aromatic heterocycles. The molecule has 1 atom stereocenters. The number of ether oxygens (including phenoxy) is 1. The lowest BCUT2D eigenvalue weighted by Gasteiger charge is -2.07. The van der Waals surface area contributed by atoms with E-state index in [1.807, 2.05) is 0 Å². The third-order valence-corrected chi connectivity index (χ3v) is 2.13. The van der Waals surface area contributed by atoms with Gasteiger partial charge in [-0.05, 0) is 12.5 Å². The van der Waals surface area contributed by atoms with E-state index in [4.69, 9.17) is 4.74 Å². The normalized spacial score (nSPS) is 11.8. The van der Waals surface area contributed by atoms with E-state index >= 15 is 0 Å². The van der Waals surface area contributed by atoms with E-state index in [-0.39, 0.29) is 17.4 Å². The van der Waals surface area contributed by atoms with Crippen LogP contribution in [0.15, 0.2) is 24.3 Å². The summed E-state index contributed by atoms with van der Waals surface area (Å²) in [4.78, 5) is 20.5. The molecule has 0 bridgehead atoms. The van der Waals surface area contributed by atoms with Gasteiger partial charge in [-0.3, -0.25) is 10.1 Å². The number of hydrogen-bond acceptors (Lipinski definition) is 4. The Morgan fingerprint density at radius 1 is 1.50 bits per heavy atom. The Morgan fingerprint density at radius 2 is 2.19 bits per heavy atom. The van der Waals surface area contributed by atoms with E-state index in [0.29, 0.717) is 13.0 Å². The van der Waals surface area contributed by atoms with Gasteiger partial charge in [0.25, 0.3) is 0 Å². The lowest BCUT2D eigenvalue weighted by atomic mass is 10.1. The summed E-state index contributed by atoms with van der Waals surface area (Å²) < 4.78 is 5.27. The molecule has 0 heterocycles. The second kappa shape index (κ2) is 5.85. The Balaban J connectivity index is 2.59. The summed E-state index contributed by atoms with van der Waals surface area (Å²) in [5, 5.41) is 10.6. The number of para-hydroxylation sites is 2. The summed E-state index contributed by atoms with van der Waals surface area (Å²) in [6.45, 7) is 2.07. The van der Waals surface area contributed by atoms with Gasteiger partial charge in [0.1, 0.15) is 6.29 Å². The summed E-state index contributed by atoms with van der Waals surface area (Å²) in [6, 6.07) is 6.19. The predicted molar refractivity (Wildman–Crippen MR) is 58.4 cm³/mol. The molecule has 0 radical (unpaired) electrons. The minimum absolute atomic E-state index is 0.0544. The van der Waals surface area contributed by atoms with Crippen LogP contribution in [0.4, 0.5) is 5.69 Å². The molecule has 0 amide bonds. The van der Waals surface area contributed by atoms with Gasteiger partial charge in [-0.15, -0.1) is 0 Å². The first-order chi connectivity index (χ1) is 7.65. The standard InChI is InChI=1S/C11H13NO4/c1-9(8-13)6-7-16-11-5-3-2-4-10(11)12(14)15/h2-5,8-9H,6-7H2,1H3. The topological polar surface area (TPSA) is 69.4 Å². The first-order valence-electron chi connectivity index (χ1n) is 4.96. The van der Waals surface area contributed by atoms with Crippen LogP contribution >= 0.6 is 0 Å². The average molecular weight is 223 g/mol. The number of rotatable bonds is 6. The molecule has 1 unspecified atom stereocenters. The molecule has 1 aromatic carbocycles. The van der Waals surface area contributed by atoms with Gasteiger partial charge in [0.15, 0.2) is 5.75 Å². The minimum atomic E-state index is -0.488. The van der Waals surface area contributed by atoms with Crippen LogP contribution in [0.5, 0.6) is 5.75 Å². The van der Waals surface area contributed by atoms with Crippen molar-refractivity contribution in [2.45, 2.75) is 13.3 Å². The number of benzene rings is 1. The van der Waals surface area contributed by atoms with Gasteiger partial charge >= 0.3 is 5.69 Å². The number of aldehydes is 1. The smallest absolute Gasteiger partial charge is 0.310 e. The van der Waals surface area contributed by atoms with Crippen LogP contribution in [-0.2, 0) is 4.79 Å². The monoisotopic (exact) mass is 223 g/mol. The van der Waals surface area contributed by atoms with Crippen LogP contribution < -0.4 is 4.74 Å². The van der Waals surface area contributed by atoms with Crippen LogP contribution in [-0.4, -0.2) is 17.8 Å². The van der Waals surface area contributed by atoms with Gasteiger partial charge in [-0.1, -0.05) is 19.1 Å². The van der Waals surface area contributed by atoms with Crippen LogP contribution in [0.3, 0.4) is 0 Å². The second-order valence-corrected chi connectivity index (χ2v) is 3.48. The third kappa shape index (κ3) is 3.34. The summed E-state index contributed by atoms with van der Waals surface area (Å²) in [6.07, 6.45) is 1.39. The highest BCUT2D eigenvalue weighted by atomic mass is 16.6. The van der Waals surface area contributed by atoms with Crippen molar-refractivity contribution in [2.24, 2.45) is 5.92 Å². The fraction of sp³-hybridized carbons (Fsp3) is 0.364. The lowest BCUT2D eigenvalue weighted by molar-refractivity contribution is -0.385. The highest BCUT2D eigenvalue weighted by Crippen LogP contribution is 2.25. The Kier molecular flexibility index (Phi) is 4.44. The molecule has 0 aliphatic rings. The Hall–Kier alpha value is -1.91. The van der Waals surface area contributed by atoms with Crippen molar-refractivity contribution < 1.29 is 14.5 Å². The molecule has 1 aromatic rings. The van der Waals surface area contributed by atoms with Crippen molar-refractivity contribution in [2.75, 3.05) is 6.61 Å². The van der Waals surface area contributed by atoms with Crippen molar-refractivity contribution in [1.82, 2.24) is 0 Å². The zero-order valence-electron chi connectivity index (χ0n) is 8.96. The van der Waals surface area contributed by atoms with Gasteiger partial charge in [-0.2, -0.15) is 0 Å². The first-order valence-corrected chi connectivity index (χ1v) is 4.96. The van der Waals surface area contributed by atoms with Gasteiger partial charge in [-0.25, -0.2) is 0 Å². The van der Waals surface area contributed by atoms with E-state index in [1.54, 1.807) is 25.1 Å². The Bertz CT molecular complexity index is 378. The Morgan fingerprint density at radius 3 is 2.81 bits per heavy atom. The highest BCUT2D eigenvalue weighted by Gasteiger charge is 2.13. The van der Waals surface area contributed by atoms with Crippen molar-refractivity contribution >= 4 is 12.0 Å². The van der Waals surface area contributed by atoms with Gasteiger partial charge in [0.05, 0.1) is 11.5 Å². The number of hydrogen-bond donors (Lipinski definition) is 0. The van der Waals surface area contributed by atoms with Gasteiger partial charge < -0.3 is 9.53 Å². The molecule has 5 heteroatoms. The van der Waals surface area contributed by atoms with Crippen LogP contribution in [0, 0.1) is 16.0 Å². The van der Waals surface area contributed by atoms with E-state index in [2.05, 4.69) is 0 Å². The van der Waals surface area contributed by atoms with E-state index in [0.717, 1.165) is 6.29 Å². The fourth-order valence-electron chi connectivity index (χ4n) is 1.15. The molecule has 0 aliphatic carbocycles. The summed E-state index contributed by atoms with van der Waals surface area (Å²) >= 11 is 0. The molecule has 16 heavy (non-hydrogen) atoms. The molecule has 0 spiro atoms. The maximum absolute atomic E-state index is 10.6. The van der Waals surface area contributed by atoms with Crippen LogP contribution in [0.25, 0.3) is 0 Å². The van der Waals surface area contributed by atoms with E-state index in [9.17, 15) is 14.9 Å². The molecule has 5 nitrogen and oxygen atoms in total. The maximum atomic E-state index is 10.6. The van der Waals surface area contributed by atoms with Gasteiger partial charge in [0, 0.05) is 12.0 Å². The van der Waals surface area contributed by atoms with Crippen LogP contribution in [0.2, 0.25) is 0 Å². The zero-order valence-corrected chi connectivity index (χ0v) is 8.96. The number of carbonyl (C=O) groups excluding carboxylic acids is 1. The molecule has 0 N–H and O–H groups in total. The molecule has 0 saturated heterocycles. The minimum Gasteiger partial charge on any atom is -0.487 e. The molecule has 86 valence electrons. The molecular formula is C11H13NO4. The molecular weight excluding hydrogens is 210 g/mol. The first kappa shape index (κ1) is 12.2. The number of nitro benzene ring substituents is 1. The Labute approximate surface area is 93.2 Å². The largest absolute Gasteiger partial charge is 0.487 e. The van der Waals surface area contributed by atoms with Crippen molar-refractivity contribution in [3.8, 4) is 5.75 Å². The number of nitrogens with zero attached hydrogens (tertiary/aromatic N) is 1. The number of carbonyl (C=O) groups is 1. The highest BCUT2D eigenvalue weighted by molar-refractivity contribution is 5.52. The maximum Gasteiger partial charge on any atom is 0.310 e. The van der Waals surface area contributed by atoms with E-state index in [1.165, 1.54) is 6.07 Å². The summed E-state index contributed by atoms with van der Waals surface area (Å²) in [7, 11) is 0. The van der Waals surface area contributed by atoms with Crippen molar-refractivity contribution in [1.29, 1.82) is 0 Å². The SMILES string of the molecule is CC(C=O)CCOc1ccccc1[N+](=O)[O-].